The third-order valence-electron chi connectivity index (χ3n) is 2.86. The molecule has 1 unspecified atom stereocenters. The largest absolute Gasteiger partial charge is 0.339 e. The van der Waals surface area contributed by atoms with E-state index in [1.54, 1.807) is 0 Å². The summed E-state index contributed by atoms with van der Waals surface area (Å²) in [6.45, 7) is 8.81. The molecule has 0 amide bonds. The fourth-order valence-corrected chi connectivity index (χ4v) is 2.49. The van der Waals surface area contributed by atoms with Gasteiger partial charge in [-0.1, -0.05) is 32.9 Å². The number of likely N-dealkylation sites (N-methyl/N-ethyl adjacent to an activating group) is 1. The van der Waals surface area contributed by atoms with Crippen molar-refractivity contribution in [1.29, 1.82) is 0 Å². The van der Waals surface area contributed by atoms with Crippen LogP contribution in [0.1, 0.15) is 45.8 Å². The second kappa shape index (κ2) is 7.14. The Balaban J connectivity index is 2.52. The van der Waals surface area contributed by atoms with Crippen LogP contribution in [0.25, 0.3) is 0 Å². The van der Waals surface area contributed by atoms with E-state index in [-0.39, 0.29) is 5.41 Å². The number of thioether (sulfide) groups is 1. The highest BCUT2D eigenvalue weighted by atomic mass is 32.2. The Morgan fingerprint density at radius 3 is 2.67 bits per heavy atom. The van der Waals surface area contributed by atoms with Crippen LogP contribution in [0, 0.1) is 5.41 Å². The zero-order valence-electron chi connectivity index (χ0n) is 12.1. The minimum absolute atomic E-state index is 0.181. The molecule has 1 aromatic rings. The molecule has 0 radical (unpaired) electrons. The van der Waals surface area contributed by atoms with Gasteiger partial charge in [-0.15, -0.1) is 0 Å². The van der Waals surface area contributed by atoms with Gasteiger partial charge in [-0.3, -0.25) is 0 Å². The monoisotopic (exact) mass is 271 g/mol. The fourth-order valence-electron chi connectivity index (χ4n) is 1.76. The molecule has 0 aliphatic heterocycles. The molecule has 1 heterocycles. The van der Waals surface area contributed by atoms with Crippen LogP contribution in [0.4, 0.5) is 0 Å². The van der Waals surface area contributed by atoms with Crippen LogP contribution in [0.15, 0.2) is 4.52 Å². The quantitative estimate of drug-likeness (QED) is 0.773. The number of nitrogens with one attached hydrogen (secondary N) is 1. The highest BCUT2D eigenvalue weighted by molar-refractivity contribution is 7.98. The molecule has 4 nitrogen and oxygen atoms in total. The summed E-state index contributed by atoms with van der Waals surface area (Å²) in [5.41, 5.74) is 0.181. The van der Waals surface area contributed by atoms with Crippen molar-refractivity contribution in [2.75, 3.05) is 12.8 Å². The van der Waals surface area contributed by atoms with E-state index in [2.05, 4.69) is 43.2 Å². The van der Waals surface area contributed by atoms with Gasteiger partial charge in [0.15, 0.2) is 5.82 Å². The van der Waals surface area contributed by atoms with Crippen molar-refractivity contribution >= 4 is 11.8 Å². The lowest BCUT2D eigenvalue weighted by atomic mass is 9.85. The lowest BCUT2D eigenvalue weighted by Crippen LogP contribution is -2.39. The van der Waals surface area contributed by atoms with E-state index in [1.807, 2.05) is 18.8 Å². The van der Waals surface area contributed by atoms with Crippen LogP contribution < -0.4 is 5.32 Å². The van der Waals surface area contributed by atoms with Crippen molar-refractivity contribution in [2.45, 2.75) is 52.3 Å². The molecule has 1 N–H and O–H groups in total. The summed E-state index contributed by atoms with van der Waals surface area (Å²) in [7, 11) is 1.98. The molecule has 0 spiro atoms. The maximum Gasteiger partial charge on any atom is 0.228 e. The summed E-state index contributed by atoms with van der Waals surface area (Å²) in [6, 6.07) is 0.342. The first-order valence-electron chi connectivity index (χ1n) is 6.53. The van der Waals surface area contributed by atoms with Crippen LogP contribution in [-0.2, 0) is 12.2 Å². The fraction of sp³-hybridized carbons (Fsp3) is 0.846. The first-order valence-corrected chi connectivity index (χ1v) is 7.69. The number of hydrogen-bond donors (Lipinski definition) is 1. The summed E-state index contributed by atoms with van der Waals surface area (Å²) >= 11 is 1.85. The van der Waals surface area contributed by atoms with Gasteiger partial charge in [0.05, 0.1) is 5.75 Å². The van der Waals surface area contributed by atoms with Crippen LogP contribution in [0.2, 0.25) is 0 Å². The average Bonchev–Trinajstić information content (AvgIpc) is 2.72. The second-order valence-electron chi connectivity index (χ2n) is 5.57. The first kappa shape index (κ1) is 15.5. The Morgan fingerprint density at radius 2 is 2.11 bits per heavy atom. The van der Waals surface area contributed by atoms with Gasteiger partial charge in [0.25, 0.3) is 0 Å². The molecule has 104 valence electrons. The van der Waals surface area contributed by atoms with Gasteiger partial charge in [-0.25, -0.2) is 0 Å². The Hall–Kier alpha value is -0.550. The normalized spacial score (nSPS) is 13.8. The summed E-state index contributed by atoms with van der Waals surface area (Å²) in [5.74, 6) is 3.53. The molecule has 1 aromatic heterocycles. The summed E-state index contributed by atoms with van der Waals surface area (Å²) in [4.78, 5) is 4.44. The summed E-state index contributed by atoms with van der Waals surface area (Å²) < 4.78 is 5.31. The zero-order chi connectivity index (χ0) is 13.6. The van der Waals surface area contributed by atoms with Gasteiger partial charge >= 0.3 is 0 Å². The lowest BCUT2D eigenvalue weighted by molar-refractivity contribution is 0.255. The molecular formula is C13H25N3OS. The molecule has 0 aromatic carbocycles. The molecular weight excluding hydrogens is 246 g/mol. The highest BCUT2D eigenvalue weighted by Crippen LogP contribution is 2.22. The number of rotatable bonds is 7. The van der Waals surface area contributed by atoms with E-state index in [0.29, 0.717) is 6.04 Å². The molecule has 5 heteroatoms. The van der Waals surface area contributed by atoms with Crippen molar-refractivity contribution < 1.29 is 4.52 Å². The summed E-state index contributed by atoms with van der Waals surface area (Å²) in [5, 5.41) is 7.34. The van der Waals surface area contributed by atoms with Gasteiger partial charge in [0.1, 0.15) is 0 Å². The lowest BCUT2D eigenvalue weighted by Gasteiger charge is -2.29. The van der Waals surface area contributed by atoms with E-state index in [0.717, 1.165) is 29.6 Å². The van der Waals surface area contributed by atoms with Crippen LogP contribution in [-0.4, -0.2) is 29.0 Å². The van der Waals surface area contributed by atoms with E-state index in [9.17, 15) is 0 Å². The van der Waals surface area contributed by atoms with Crippen LogP contribution in [0.3, 0.4) is 0 Å². The highest BCUT2D eigenvalue weighted by Gasteiger charge is 2.25. The smallest absolute Gasteiger partial charge is 0.228 e. The second-order valence-corrected chi connectivity index (χ2v) is 6.67. The van der Waals surface area contributed by atoms with Gasteiger partial charge in [-0.2, -0.15) is 16.7 Å². The number of aromatic nitrogens is 2. The molecule has 0 aliphatic carbocycles. The predicted molar refractivity (Wildman–Crippen MR) is 76.8 cm³/mol. The molecule has 0 fully saturated rings. The van der Waals surface area contributed by atoms with E-state index in [1.165, 1.54) is 6.42 Å². The van der Waals surface area contributed by atoms with Gasteiger partial charge in [-0.05, 0) is 24.6 Å². The SMILES string of the molecule is CCCSCc1noc(CC(NC)C(C)(C)C)n1. The van der Waals surface area contributed by atoms with E-state index in [4.69, 9.17) is 4.52 Å². The Morgan fingerprint density at radius 1 is 1.39 bits per heavy atom. The van der Waals surface area contributed by atoms with E-state index >= 15 is 0 Å². The maximum atomic E-state index is 5.31. The van der Waals surface area contributed by atoms with Gasteiger partial charge < -0.3 is 9.84 Å². The summed E-state index contributed by atoms with van der Waals surface area (Å²) in [6.07, 6.45) is 1.96. The van der Waals surface area contributed by atoms with E-state index < -0.39 is 0 Å². The third kappa shape index (κ3) is 4.98. The van der Waals surface area contributed by atoms with Crippen molar-refractivity contribution in [3.63, 3.8) is 0 Å². The van der Waals surface area contributed by atoms with Gasteiger partial charge in [0.2, 0.25) is 5.89 Å². The molecule has 1 atom stereocenters. The molecule has 0 bridgehead atoms. The predicted octanol–water partition coefficient (Wildman–Crippen LogP) is 2.89. The first-order chi connectivity index (χ1) is 8.47. The maximum absolute atomic E-state index is 5.31. The molecule has 1 rings (SSSR count). The van der Waals surface area contributed by atoms with Crippen LogP contribution in [0.5, 0.6) is 0 Å². The molecule has 18 heavy (non-hydrogen) atoms. The standard InChI is InChI=1S/C13H25N3OS/c1-6-7-18-9-11-15-12(17-16-11)8-10(14-5)13(2,3)4/h10,14H,6-9H2,1-5H3. The number of nitrogens with zero attached hydrogens (tertiary/aromatic N) is 2. The number of hydrogen-bond acceptors (Lipinski definition) is 5. The molecule has 0 aliphatic rings. The van der Waals surface area contributed by atoms with Crippen molar-refractivity contribution in [2.24, 2.45) is 5.41 Å². The van der Waals surface area contributed by atoms with Crippen LogP contribution >= 0.6 is 11.8 Å². The topological polar surface area (TPSA) is 51.0 Å². The Kier molecular flexibility index (Phi) is 6.15. The zero-order valence-corrected chi connectivity index (χ0v) is 12.9. The molecule has 0 saturated carbocycles. The average molecular weight is 271 g/mol. The Labute approximate surface area is 114 Å². The minimum atomic E-state index is 0.181. The molecule has 0 saturated heterocycles. The van der Waals surface area contributed by atoms with Crippen molar-refractivity contribution in [3.8, 4) is 0 Å². The van der Waals surface area contributed by atoms with Crippen molar-refractivity contribution in [3.05, 3.63) is 11.7 Å². The van der Waals surface area contributed by atoms with Crippen molar-refractivity contribution in [1.82, 2.24) is 15.5 Å². The Bertz CT molecular complexity index is 346. The third-order valence-corrected chi connectivity index (χ3v) is 4.02. The van der Waals surface area contributed by atoms with Gasteiger partial charge in [0, 0.05) is 12.5 Å². The minimum Gasteiger partial charge on any atom is -0.339 e.